The van der Waals surface area contributed by atoms with Gasteiger partial charge < -0.3 is 14.6 Å². The molecule has 48 heavy (non-hydrogen) atoms. The van der Waals surface area contributed by atoms with E-state index in [1.165, 1.54) is 27.1 Å². The van der Waals surface area contributed by atoms with Gasteiger partial charge in [0, 0.05) is 48.8 Å². The largest absolute Gasteiger partial charge is 0.496 e. The minimum atomic E-state index is -0.219. The molecule has 1 aliphatic rings. The first-order valence-electron chi connectivity index (χ1n) is 16.1. The van der Waals surface area contributed by atoms with Crippen LogP contribution in [0.3, 0.4) is 0 Å². The van der Waals surface area contributed by atoms with Gasteiger partial charge in [-0.2, -0.15) is 0 Å². The van der Waals surface area contributed by atoms with E-state index in [1.807, 2.05) is 61.0 Å². The fraction of sp³-hybridized carbons (Fsp3) is 0.237. The Bertz CT molecular complexity index is 2070. The summed E-state index contributed by atoms with van der Waals surface area (Å²) in [5, 5.41) is 16.5. The van der Waals surface area contributed by atoms with Crippen LogP contribution in [0.25, 0.3) is 22.8 Å². The molecule has 0 unspecified atom stereocenters. The van der Waals surface area contributed by atoms with Crippen LogP contribution in [0.4, 0.5) is 5.69 Å². The molecule has 4 aromatic carbocycles. The molecule has 0 bridgehead atoms. The Morgan fingerprint density at radius 1 is 0.896 bits per heavy atom. The summed E-state index contributed by atoms with van der Waals surface area (Å²) in [7, 11) is 1.74. The summed E-state index contributed by atoms with van der Waals surface area (Å²) in [6, 6.07) is 24.1. The fourth-order valence-corrected chi connectivity index (χ4v) is 6.19. The van der Waals surface area contributed by atoms with Crippen LogP contribution >= 0.6 is 0 Å². The van der Waals surface area contributed by atoms with Crippen molar-refractivity contribution < 1.29 is 9.53 Å². The smallest absolute Gasteiger partial charge is 0.255 e. The number of ether oxygens (including phenoxy) is 1. The van der Waals surface area contributed by atoms with E-state index in [0.717, 1.165) is 60.7 Å². The Kier molecular flexibility index (Phi) is 8.56. The quantitative estimate of drug-likeness (QED) is 0.198. The van der Waals surface area contributed by atoms with Crippen LogP contribution in [0.5, 0.6) is 5.75 Å². The minimum absolute atomic E-state index is 0.219. The monoisotopic (exact) mass is 638 g/mol. The number of benzene rings is 4. The lowest BCUT2D eigenvalue weighted by molar-refractivity contribution is 0.102. The first-order valence-corrected chi connectivity index (χ1v) is 16.1. The lowest BCUT2D eigenvalue weighted by atomic mass is 9.96. The number of hydrogen-bond acceptors (Lipinski definition) is 7. The van der Waals surface area contributed by atoms with Gasteiger partial charge in [-0.05, 0) is 127 Å². The molecule has 0 spiro atoms. The van der Waals surface area contributed by atoms with Gasteiger partial charge in [0.25, 0.3) is 5.91 Å². The van der Waals surface area contributed by atoms with Crippen LogP contribution in [0.15, 0.2) is 91.5 Å². The summed E-state index contributed by atoms with van der Waals surface area (Å²) in [5.41, 5.74) is 11.0. The zero-order chi connectivity index (χ0) is 33.2. The number of tetrazole rings is 1. The van der Waals surface area contributed by atoms with Crippen molar-refractivity contribution in [3.05, 3.63) is 130 Å². The SMILES string of the molecule is COc1cc2c(cc1C)CCN(CCc1ccc(-n3nnc(-c4cc(C)c(C)cc4NC(=O)c4ccc(-n5ccnc5)cc4)n3)cc1)C2. The molecule has 242 valence electrons. The van der Waals surface area contributed by atoms with Crippen molar-refractivity contribution in [2.45, 2.75) is 40.2 Å². The molecule has 1 amide bonds. The van der Waals surface area contributed by atoms with E-state index in [-0.39, 0.29) is 5.91 Å². The number of amides is 1. The number of aromatic nitrogens is 6. The topological polar surface area (TPSA) is 103 Å². The van der Waals surface area contributed by atoms with Gasteiger partial charge in [0.1, 0.15) is 5.75 Å². The Morgan fingerprint density at radius 2 is 1.67 bits per heavy atom. The predicted octanol–water partition coefficient (Wildman–Crippen LogP) is 6.30. The summed E-state index contributed by atoms with van der Waals surface area (Å²) in [6.07, 6.45) is 7.31. The number of rotatable bonds is 9. The van der Waals surface area contributed by atoms with Gasteiger partial charge in [0.2, 0.25) is 5.82 Å². The van der Waals surface area contributed by atoms with Crippen molar-refractivity contribution in [1.29, 1.82) is 0 Å². The van der Waals surface area contributed by atoms with Gasteiger partial charge in [0.15, 0.2) is 0 Å². The molecule has 3 heterocycles. The van der Waals surface area contributed by atoms with E-state index in [4.69, 9.17) is 9.84 Å². The maximum Gasteiger partial charge on any atom is 0.255 e. The van der Waals surface area contributed by atoms with E-state index in [2.05, 4.69) is 56.7 Å². The molecule has 7 rings (SSSR count). The number of imidazole rings is 1. The number of anilines is 1. The van der Waals surface area contributed by atoms with E-state index in [9.17, 15) is 4.79 Å². The van der Waals surface area contributed by atoms with Gasteiger partial charge >= 0.3 is 0 Å². The lowest BCUT2D eigenvalue weighted by Gasteiger charge is -2.29. The third-order valence-corrected chi connectivity index (χ3v) is 9.16. The molecular formula is C38H38N8O2. The molecule has 0 radical (unpaired) electrons. The lowest BCUT2D eigenvalue weighted by Crippen LogP contribution is -2.32. The van der Waals surface area contributed by atoms with E-state index in [0.29, 0.717) is 22.6 Å². The number of carbonyl (C=O) groups is 1. The molecule has 10 heteroatoms. The second kappa shape index (κ2) is 13.2. The van der Waals surface area contributed by atoms with Gasteiger partial charge in [0.05, 0.1) is 24.8 Å². The van der Waals surface area contributed by atoms with Gasteiger partial charge in [-0.1, -0.05) is 18.2 Å². The van der Waals surface area contributed by atoms with Gasteiger partial charge in [-0.15, -0.1) is 15.0 Å². The number of methoxy groups -OCH3 is 1. The average Bonchev–Trinajstić information content (AvgIpc) is 3.83. The standard InChI is InChI=1S/C38H38N8O2/c1-25-20-34(35(21-26(25)2)40-38(47)29-7-11-32(12-8-29)45-18-15-39-24-45)37-41-43-46(42-37)33-9-5-28(6-10-33)13-16-44-17-14-30-19-27(3)36(48-4)22-31(30)23-44/h5-12,15,18-22,24H,13-14,16-17,23H2,1-4H3,(H,40,47). The zero-order valence-corrected chi connectivity index (χ0v) is 27.6. The second-order valence-corrected chi connectivity index (χ2v) is 12.4. The third kappa shape index (κ3) is 6.47. The molecule has 6 aromatic rings. The molecule has 0 fully saturated rings. The summed E-state index contributed by atoms with van der Waals surface area (Å²) >= 11 is 0. The molecule has 0 saturated carbocycles. The molecule has 10 nitrogen and oxygen atoms in total. The van der Waals surface area contributed by atoms with Crippen molar-refractivity contribution in [2.75, 3.05) is 25.5 Å². The summed E-state index contributed by atoms with van der Waals surface area (Å²) in [5.74, 6) is 1.18. The van der Waals surface area contributed by atoms with Gasteiger partial charge in [-0.3, -0.25) is 9.69 Å². The number of carbonyl (C=O) groups excluding carboxylic acids is 1. The zero-order valence-electron chi connectivity index (χ0n) is 27.6. The third-order valence-electron chi connectivity index (χ3n) is 9.16. The van der Waals surface area contributed by atoms with Crippen LogP contribution in [0.1, 0.15) is 43.7 Å². The van der Waals surface area contributed by atoms with Gasteiger partial charge in [-0.25, -0.2) is 4.98 Å². The summed E-state index contributed by atoms with van der Waals surface area (Å²) in [6.45, 7) is 9.14. The molecule has 2 aromatic heterocycles. The molecule has 0 saturated heterocycles. The van der Waals surface area contributed by atoms with Crippen LogP contribution in [-0.4, -0.2) is 60.8 Å². The van der Waals surface area contributed by atoms with Crippen molar-refractivity contribution in [3.8, 4) is 28.5 Å². The Balaban J connectivity index is 1.02. The molecule has 1 N–H and O–H groups in total. The number of fused-ring (bicyclic) bond motifs is 1. The average molecular weight is 639 g/mol. The molecular weight excluding hydrogens is 600 g/mol. The highest BCUT2D eigenvalue weighted by Gasteiger charge is 2.19. The second-order valence-electron chi connectivity index (χ2n) is 12.4. The Hall–Kier alpha value is -5.61. The van der Waals surface area contributed by atoms with Crippen molar-refractivity contribution in [3.63, 3.8) is 0 Å². The summed E-state index contributed by atoms with van der Waals surface area (Å²) in [4.78, 5) is 21.4. The highest BCUT2D eigenvalue weighted by Crippen LogP contribution is 2.30. The van der Waals surface area contributed by atoms with Crippen molar-refractivity contribution >= 4 is 11.6 Å². The normalized spacial score (nSPS) is 12.9. The van der Waals surface area contributed by atoms with Crippen LogP contribution < -0.4 is 10.1 Å². The van der Waals surface area contributed by atoms with E-state index >= 15 is 0 Å². The minimum Gasteiger partial charge on any atom is -0.496 e. The van der Waals surface area contributed by atoms with Crippen molar-refractivity contribution in [2.24, 2.45) is 0 Å². The first-order chi connectivity index (χ1) is 23.3. The van der Waals surface area contributed by atoms with E-state index in [1.54, 1.807) is 31.8 Å². The number of hydrogen-bond donors (Lipinski definition) is 1. The highest BCUT2D eigenvalue weighted by atomic mass is 16.5. The first kappa shape index (κ1) is 31.0. The fourth-order valence-electron chi connectivity index (χ4n) is 6.19. The molecule has 0 atom stereocenters. The van der Waals surface area contributed by atoms with Crippen LogP contribution in [-0.2, 0) is 19.4 Å². The maximum absolute atomic E-state index is 13.3. The Morgan fingerprint density at radius 3 is 2.42 bits per heavy atom. The number of nitrogens with zero attached hydrogens (tertiary/aromatic N) is 7. The summed E-state index contributed by atoms with van der Waals surface area (Å²) < 4.78 is 7.44. The highest BCUT2D eigenvalue weighted by molar-refractivity contribution is 6.06. The number of nitrogens with one attached hydrogen (secondary N) is 1. The number of aryl methyl sites for hydroxylation is 3. The predicted molar refractivity (Wildman–Crippen MR) is 186 cm³/mol. The van der Waals surface area contributed by atoms with Crippen LogP contribution in [0, 0.1) is 20.8 Å². The van der Waals surface area contributed by atoms with Crippen molar-refractivity contribution in [1.82, 2.24) is 34.7 Å². The molecule has 1 aliphatic heterocycles. The van der Waals surface area contributed by atoms with Crippen LogP contribution in [0.2, 0.25) is 0 Å². The maximum atomic E-state index is 13.3. The molecule has 0 aliphatic carbocycles. The van der Waals surface area contributed by atoms with E-state index < -0.39 is 0 Å². The Labute approximate surface area is 280 Å².